The predicted molar refractivity (Wildman–Crippen MR) is 57.7 cm³/mol. The van der Waals surface area contributed by atoms with Crippen LogP contribution >= 0.6 is 0 Å². The topological polar surface area (TPSA) is 75.6 Å². The third-order valence-electron chi connectivity index (χ3n) is 1.93. The molecule has 0 fully saturated rings. The smallest absolute Gasteiger partial charge is 0.308 e. The van der Waals surface area contributed by atoms with E-state index in [2.05, 4.69) is 10.1 Å². The fourth-order valence-corrected chi connectivity index (χ4v) is 1.08. The van der Waals surface area contributed by atoms with Crippen LogP contribution in [-0.4, -0.2) is 30.2 Å². The van der Waals surface area contributed by atoms with E-state index in [9.17, 15) is 14.7 Å². The van der Waals surface area contributed by atoms with Gasteiger partial charge in [0.05, 0.1) is 13.5 Å². The number of aliphatic hydroxyl groups excluding tert-OH is 1. The Balaban J connectivity index is 2.49. The molecule has 5 heteroatoms. The third-order valence-corrected chi connectivity index (χ3v) is 1.93. The van der Waals surface area contributed by atoms with Crippen molar-refractivity contribution in [2.24, 2.45) is 0 Å². The van der Waals surface area contributed by atoms with E-state index in [1.54, 1.807) is 30.3 Å². The summed E-state index contributed by atoms with van der Waals surface area (Å²) in [5.41, 5.74) is 0.566. The molecule has 86 valence electrons. The number of anilines is 1. The van der Waals surface area contributed by atoms with Crippen LogP contribution in [0.4, 0.5) is 5.69 Å². The number of carbonyl (C=O) groups excluding carboxylic acids is 2. The maximum absolute atomic E-state index is 11.4. The normalized spacial score (nSPS) is 11.6. The lowest BCUT2D eigenvalue weighted by molar-refractivity contribution is -0.145. The van der Waals surface area contributed by atoms with E-state index in [1.165, 1.54) is 7.11 Å². The van der Waals surface area contributed by atoms with Gasteiger partial charge < -0.3 is 15.2 Å². The van der Waals surface area contributed by atoms with E-state index in [0.29, 0.717) is 5.69 Å². The molecule has 2 N–H and O–H groups in total. The van der Waals surface area contributed by atoms with Crippen molar-refractivity contribution in [3.05, 3.63) is 30.3 Å². The van der Waals surface area contributed by atoms with Crippen molar-refractivity contribution in [3.8, 4) is 0 Å². The van der Waals surface area contributed by atoms with E-state index in [4.69, 9.17) is 0 Å². The molecule has 0 bridgehead atoms. The van der Waals surface area contributed by atoms with E-state index < -0.39 is 18.0 Å². The second-order valence-electron chi connectivity index (χ2n) is 3.15. The molecular formula is C11H13NO4. The first-order valence-corrected chi connectivity index (χ1v) is 4.74. The van der Waals surface area contributed by atoms with Gasteiger partial charge in [0.1, 0.15) is 6.10 Å². The second kappa shape index (κ2) is 5.87. The molecule has 0 radical (unpaired) electrons. The first-order chi connectivity index (χ1) is 7.63. The lowest BCUT2D eigenvalue weighted by Crippen LogP contribution is -2.30. The van der Waals surface area contributed by atoms with Crippen molar-refractivity contribution in [2.45, 2.75) is 12.5 Å². The van der Waals surface area contributed by atoms with Gasteiger partial charge in [0.15, 0.2) is 0 Å². The number of carbonyl (C=O) groups is 2. The molecule has 0 aliphatic rings. The van der Waals surface area contributed by atoms with Gasteiger partial charge in [-0.05, 0) is 12.1 Å². The number of aliphatic hydroxyl groups is 1. The summed E-state index contributed by atoms with van der Waals surface area (Å²) in [6, 6.07) is 8.68. The fraction of sp³-hybridized carbons (Fsp3) is 0.273. The first kappa shape index (κ1) is 12.2. The van der Waals surface area contributed by atoms with Crippen LogP contribution in [0.5, 0.6) is 0 Å². The van der Waals surface area contributed by atoms with Gasteiger partial charge in [0.2, 0.25) is 0 Å². The highest BCUT2D eigenvalue weighted by Crippen LogP contribution is 2.06. The summed E-state index contributed by atoms with van der Waals surface area (Å²) in [7, 11) is 1.20. The Morgan fingerprint density at radius 2 is 2.00 bits per heavy atom. The fourth-order valence-electron chi connectivity index (χ4n) is 1.08. The molecule has 0 aliphatic carbocycles. The van der Waals surface area contributed by atoms with Gasteiger partial charge in [0, 0.05) is 5.69 Å². The number of hydrogen-bond donors (Lipinski definition) is 2. The summed E-state index contributed by atoms with van der Waals surface area (Å²) in [5.74, 6) is -1.26. The zero-order valence-electron chi connectivity index (χ0n) is 8.84. The Labute approximate surface area is 93.0 Å². The van der Waals surface area contributed by atoms with Crippen molar-refractivity contribution >= 4 is 17.6 Å². The van der Waals surface area contributed by atoms with E-state index in [0.717, 1.165) is 0 Å². The maximum atomic E-state index is 11.4. The molecule has 0 saturated carbocycles. The van der Waals surface area contributed by atoms with Crippen LogP contribution in [-0.2, 0) is 14.3 Å². The van der Waals surface area contributed by atoms with Crippen molar-refractivity contribution in [2.75, 3.05) is 12.4 Å². The molecule has 1 atom stereocenters. The highest BCUT2D eigenvalue weighted by molar-refractivity contribution is 5.95. The summed E-state index contributed by atoms with van der Waals surface area (Å²) in [5, 5.41) is 11.8. The number of rotatable bonds is 4. The molecular weight excluding hydrogens is 210 g/mol. The number of methoxy groups -OCH3 is 1. The number of hydrogen-bond acceptors (Lipinski definition) is 4. The zero-order chi connectivity index (χ0) is 12.0. The van der Waals surface area contributed by atoms with Gasteiger partial charge in [-0.2, -0.15) is 0 Å². The van der Waals surface area contributed by atoms with E-state index in [-0.39, 0.29) is 6.42 Å². The molecule has 1 unspecified atom stereocenters. The van der Waals surface area contributed by atoms with Crippen LogP contribution in [0, 0.1) is 0 Å². The van der Waals surface area contributed by atoms with Crippen molar-refractivity contribution in [1.29, 1.82) is 0 Å². The van der Waals surface area contributed by atoms with E-state index in [1.807, 2.05) is 0 Å². The number of para-hydroxylation sites is 1. The van der Waals surface area contributed by atoms with Gasteiger partial charge in [-0.1, -0.05) is 18.2 Å². The van der Waals surface area contributed by atoms with Crippen molar-refractivity contribution in [3.63, 3.8) is 0 Å². The predicted octanol–water partition coefficient (Wildman–Crippen LogP) is 0.549. The Kier molecular flexibility index (Phi) is 4.47. The highest BCUT2D eigenvalue weighted by Gasteiger charge is 2.19. The summed E-state index contributed by atoms with van der Waals surface area (Å²) in [4.78, 5) is 22.2. The molecule has 0 heterocycles. The van der Waals surface area contributed by atoms with Gasteiger partial charge in [0.25, 0.3) is 5.91 Å². The van der Waals surface area contributed by atoms with Crippen LogP contribution in [0.3, 0.4) is 0 Å². The maximum Gasteiger partial charge on any atom is 0.308 e. The van der Waals surface area contributed by atoms with E-state index >= 15 is 0 Å². The summed E-state index contributed by atoms with van der Waals surface area (Å²) >= 11 is 0. The minimum atomic E-state index is -1.40. The molecule has 16 heavy (non-hydrogen) atoms. The monoisotopic (exact) mass is 223 g/mol. The Bertz CT molecular complexity index is 364. The van der Waals surface area contributed by atoms with Crippen LogP contribution in [0.25, 0.3) is 0 Å². The molecule has 0 spiro atoms. The zero-order valence-corrected chi connectivity index (χ0v) is 8.84. The molecule has 0 aromatic heterocycles. The standard InChI is InChI=1S/C11H13NO4/c1-16-10(14)7-9(13)11(15)12-8-5-3-2-4-6-8/h2-6,9,13H,7H2,1H3,(H,12,15). The quantitative estimate of drug-likeness (QED) is 0.731. The van der Waals surface area contributed by atoms with Gasteiger partial charge in [-0.3, -0.25) is 9.59 Å². The number of benzene rings is 1. The minimum absolute atomic E-state index is 0.352. The molecule has 0 aliphatic heterocycles. The average molecular weight is 223 g/mol. The lowest BCUT2D eigenvalue weighted by Gasteiger charge is -2.09. The number of esters is 1. The first-order valence-electron chi connectivity index (χ1n) is 4.74. The number of nitrogens with one attached hydrogen (secondary N) is 1. The van der Waals surface area contributed by atoms with Gasteiger partial charge in [-0.15, -0.1) is 0 Å². The van der Waals surface area contributed by atoms with Crippen LogP contribution < -0.4 is 5.32 Å². The average Bonchev–Trinajstić information content (AvgIpc) is 2.30. The molecule has 1 aromatic rings. The molecule has 1 amide bonds. The minimum Gasteiger partial charge on any atom is -0.469 e. The van der Waals surface area contributed by atoms with Gasteiger partial charge in [-0.25, -0.2) is 0 Å². The summed E-state index contributed by atoms with van der Waals surface area (Å²) in [6.45, 7) is 0. The van der Waals surface area contributed by atoms with Crippen molar-refractivity contribution < 1.29 is 19.4 Å². The van der Waals surface area contributed by atoms with Crippen LogP contribution in [0.2, 0.25) is 0 Å². The SMILES string of the molecule is COC(=O)CC(O)C(=O)Nc1ccccc1. The van der Waals surface area contributed by atoms with Crippen LogP contribution in [0.1, 0.15) is 6.42 Å². The number of ether oxygens (including phenoxy) is 1. The summed E-state index contributed by atoms with van der Waals surface area (Å²) < 4.78 is 4.34. The Morgan fingerprint density at radius 3 is 2.56 bits per heavy atom. The highest BCUT2D eigenvalue weighted by atomic mass is 16.5. The largest absolute Gasteiger partial charge is 0.469 e. The Hall–Kier alpha value is -1.88. The molecule has 5 nitrogen and oxygen atoms in total. The van der Waals surface area contributed by atoms with Crippen LogP contribution in [0.15, 0.2) is 30.3 Å². The third kappa shape index (κ3) is 3.70. The Morgan fingerprint density at radius 1 is 1.38 bits per heavy atom. The lowest BCUT2D eigenvalue weighted by atomic mass is 10.2. The summed E-state index contributed by atoms with van der Waals surface area (Å²) in [6.07, 6.45) is -1.75. The number of amides is 1. The molecule has 0 saturated heterocycles. The molecule has 1 aromatic carbocycles. The molecule has 1 rings (SSSR count). The van der Waals surface area contributed by atoms with Crippen molar-refractivity contribution in [1.82, 2.24) is 0 Å². The second-order valence-corrected chi connectivity index (χ2v) is 3.15. The van der Waals surface area contributed by atoms with Gasteiger partial charge >= 0.3 is 5.97 Å².